The first-order chi connectivity index (χ1) is 22.1. The van der Waals surface area contributed by atoms with E-state index in [0.717, 1.165) is 0 Å². The molecule has 0 bridgehead atoms. The van der Waals surface area contributed by atoms with E-state index in [0.29, 0.717) is 0 Å². The van der Waals surface area contributed by atoms with Gasteiger partial charge in [0.2, 0.25) is 0 Å². The molecule has 0 spiro atoms. The zero-order valence-corrected chi connectivity index (χ0v) is 9.82. The topological polar surface area (TPSA) is 37.3 Å². The predicted octanol–water partition coefficient (Wildman–Crippen LogP) is 5.88. The third kappa shape index (κ3) is 16.9. The van der Waals surface area contributed by atoms with Gasteiger partial charge < -0.3 is 5.11 Å². The number of carboxylic acids is 1. The number of hydrogen-bond donors (Lipinski definition) is 1. The van der Waals surface area contributed by atoms with E-state index >= 15 is 0 Å². The Bertz CT molecular complexity index is 1420. The van der Waals surface area contributed by atoms with Gasteiger partial charge >= 0.3 is 5.97 Å². The van der Waals surface area contributed by atoms with Crippen LogP contribution in [0.1, 0.15) is 126 Å². The molecule has 0 heterocycles. The fraction of sp³-hybridized carbons (Fsp3) is 0.722. The summed E-state index contributed by atoms with van der Waals surface area (Å²) in [4.78, 5) is 11.7. The van der Waals surface area contributed by atoms with Crippen LogP contribution in [0.4, 0.5) is 0 Å². The maximum absolute atomic E-state index is 11.7. The third-order valence-electron chi connectivity index (χ3n) is 1.04. The minimum absolute atomic E-state index is 2.25. The molecule has 0 saturated carbocycles. The minimum Gasteiger partial charge on any atom is -0.481 e. The Hall–Kier alpha value is -1.05. The predicted molar refractivity (Wildman–Crippen MR) is 87.0 cm³/mol. The van der Waals surface area contributed by atoms with Crippen LogP contribution >= 0.6 is 0 Å². The van der Waals surface area contributed by atoms with E-state index in [2.05, 4.69) is 5.11 Å². The first kappa shape index (κ1) is 2.45. The summed E-state index contributed by atoms with van der Waals surface area (Å²) in [5, 5.41) is 3.28. The monoisotopic (exact) mass is 312 g/mol. The molecule has 0 fully saturated rings. The van der Waals surface area contributed by atoms with Crippen molar-refractivity contribution < 1.29 is 52.4 Å². The summed E-state index contributed by atoms with van der Waals surface area (Å²) >= 11 is 0. The van der Waals surface area contributed by atoms with Gasteiger partial charge in [0.25, 0.3) is 1.43 Å². The molecular weight excluding hydrogens is 248 g/mol. The van der Waals surface area contributed by atoms with Gasteiger partial charge in [-0.25, -0.2) is 0 Å². The van der Waals surface area contributed by atoms with E-state index in [1.807, 2.05) is 0 Å². The highest BCUT2D eigenvalue weighted by Gasteiger charge is 1.95. The number of carboxylic acid groups (broad SMARTS) is 1. The minimum atomic E-state index is -4.83. The smallest absolute Gasteiger partial charge is 0.303 e. The molecule has 0 aromatic rings. The van der Waals surface area contributed by atoms with Gasteiger partial charge in [-0.05, 0) is 38.2 Å². The molecule has 0 saturated heterocycles. The van der Waals surface area contributed by atoms with Crippen LogP contribution in [-0.2, 0) is 4.79 Å². The molecule has 116 valence electrons. The molecule has 0 aliphatic heterocycles. The van der Waals surface area contributed by atoms with Crippen LogP contribution in [0.15, 0.2) is 24.2 Å². The lowest BCUT2D eigenvalue weighted by Crippen LogP contribution is -1.93. The number of hydrogen-bond acceptors (Lipinski definition) is 2. The fourth-order valence-electron chi connectivity index (χ4n) is 0.489. The lowest BCUT2D eigenvalue weighted by atomic mass is 10.1. The van der Waals surface area contributed by atoms with Gasteiger partial charge in [0.15, 0.2) is 0 Å². The van der Waals surface area contributed by atoms with E-state index in [4.69, 9.17) is 43.9 Å². The quantitative estimate of drug-likeness (QED) is 0.406. The summed E-state index contributed by atoms with van der Waals surface area (Å²) in [7, 11) is 0. The molecule has 0 radical (unpaired) electrons. The van der Waals surface area contributed by atoms with Crippen molar-refractivity contribution in [2.75, 3.05) is 0 Å². The molecule has 0 aromatic carbocycles. The van der Waals surface area contributed by atoms with Crippen molar-refractivity contribution in [3.05, 3.63) is 24.2 Å². The van der Waals surface area contributed by atoms with E-state index in [1.165, 1.54) is 0 Å². The van der Waals surface area contributed by atoms with Crippen molar-refractivity contribution in [3.8, 4) is 0 Å². The lowest BCUT2D eigenvalue weighted by molar-refractivity contribution is -0.137. The molecule has 1 N–H and O–H groups in total. The Labute approximate surface area is 170 Å². The highest BCUT2D eigenvalue weighted by molar-refractivity contribution is 5.66. The molecule has 0 amide bonds. The second-order valence-electron chi connectivity index (χ2n) is 2.29. The van der Waals surface area contributed by atoms with Gasteiger partial charge in [0, 0.05) is 43.4 Å². The van der Waals surface area contributed by atoms with E-state index in [1.54, 1.807) is 0 Å². The van der Waals surface area contributed by atoms with Crippen LogP contribution in [0.25, 0.3) is 1.43 Å². The van der Waals surface area contributed by atoms with E-state index < -0.39 is 114 Å². The highest BCUT2D eigenvalue weighted by atomic mass is 16.4. The average Bonchev–Trinajstić information content (AvgIpc) is 2.96. The summed E-state index contributed by atoms with van der Waals surface area (Å²) < 4.78 is 250. The van der Waals surface area contributed by atoms with Gasteiger partial charge in [-0.15, -0.1) is 0 Å². The summed E-state index contributed by atoms with van der Waals surface area (Å²) in [6.45, 7) is -3.98. The molecule has 0 unspecified atom stereocenters. The number of aliphatic carboxylic acids is 1. The SMILES string of the molecule is [2H]OC(=O)C([2H])([2H])C([2H])([2H])C([2H])([2H])C([2H])([2H])C([2H])([2H])C([2H])([2H])C([2H])([2H])/C([2H])=C(/[2H])C([2H])([2H])/C([2H])=C(/[2H])C([2H])([2H])C([2H])([2H])C([2H])([2H])C([2H])([2H])C([2H])([2H])[2H]. The fourth-order valence-corrected chi connectivity index (χ4v) is 0.489. The molecular formula is C18H32O2. The Morgan fingerprint density at radius 2 is 1.70 bits per heavy atom. The van der Waals surface area contributed by atoms with Gasteiger partial charge in [0.05, 0.1) is 5.48 Å². The van der Waals surface area contributed by atoms with Gasteiger partial charge in [0.1, 0.15) is 0 Å². The Balaban J connectivity index is 7.60. The van der Waals surface area contributed by atoms with Crippen LogP contribution in [-0.4, -0.2) is 11.1 Å². The highest BCUT2D eigenvalue weighted by Crippen LogP contribution is 2.08. The summed E-state index contributed by atoms with van der Waals surface area (Å²) in [6.07, 6.45) is -54.3. The molecule has 0 aromatic heterocycles. The zero-order valence-electron chi connectivity index (χ0n) is 41.8. The van der Waals surface area contributed by atoms with Crippen molar-refractivity contribution >= 4 is 5.97 Å². The van der Waals surface area contributed by atoms with Crippen molar-refractivity contribution in [1.82, 2.24) is 0 Å². The number of carbonyl (C=O) groups is 1. The van der Waals surface area contributed by atoms with Crippen LogP contribution in [0.3, 0.4) is 0 Å². The van der Waals surface area contributed by atoms with Crippen molar-refractivity contribution in [2.45, 2.75) is 83.3 Å². The van der Waals surface area contributed by atoms with Crippen LogP contribution < -0.4 is 0 Å². The van der Waals surface area contributed by atoms with Gasteiger partial charge in [-0.2, -0.15) is 0 Å². The first-order valence-corrected chi connectivity index (χ1v) is 4.66. The van der Waals surface area contributed by atoms with E-state index in [9.17, 15) is 4.79 Å². The zero-order chi connectivity index (χ0) is 43.1. The molecule has 20 heavy (non-hydrogen) atoms. The molecule has 2 nitrogen and oxygen atoms in total. The second kappa shape index (κ2) is 16.0. The van der Waals surface area contributed by atoms with Crippen molar-refractivity contribution in [1.29, 1.82) is 1.43 Å². The Morgan fingerprint density at radius 1 is 1.05 bits per heavy atom. The molecule has 2 heteroatoms. The van der Waals surface area contributed by atoms with Crippen LogP contribution in [0, 0.1) is 0 Å². The number of rotatable bonds is 14. The van der Waals surface area contributed by atoms with Crippen LogP contribution in [0.5, 0.6) is 0 Å². The summed E-state index contributed by atoms with van der Waals surface area (Å²) in [5.41, 5.74) is 0. The third-order valence-corrected chi connectivity index (χ3v) is 1.04. The molecule has 0 rings (SSSR count). The molecule has 0 aliphatic rings. The summed E-state index contributed by atoms with van der Waals surface area (Å²) in [6, 6.07) is -9.20. The van der Waals surface area contributed by atoms with Crippen molar-refractivity contribution in [3.63, 3.8) is 0 Å². The maximum atomic E-state index is 11.7. The van der Waals surface area contributed by atoms with Crippen LogP contribution in [0.2, 0.25) is 0 Å². The maximum Gasteiger partial charge on any atom is 0.303 e. The normalized spacial score (nSPS) is 46.2. The van der Waals surface area contributed by atoms with Gasteiger partial charge in [-0.1, -0.05) is 62.9 Å². The van der Waals surface area contributed by atoms with Crippen molar-refractivity contribution in [2.24, 2.45) is 0 Å². The molecule has 0 atom stereocenters. The average molecular weight is 313 g/mol. The largest absolute Gasteiger partial charge is 0.481 e. The van der Waals surface area contributed by atoms with E-state index in [-0.39, 0.29) is 0 Å². The van der Waals surface area contributed by atoms with Gasteiger partial charge in [-0.3, -0.25) is 4.79 Å². The second-order valence-corrected chi connectivity index (χ2v) is 2.29. The Kier molecular flexibility index (Phi) is 1.96. The first-order valence-electron chi connectivity index (χ1n) is 20.6. The Morgan fingerprint density at radius 3 is 2.40 bits per heavy atom. The lowest BCUT2D eigenvalue weighted by Gasteiger charge is -1.98. The number of allylic oxidation sites excluding steroid dienone is 4. The standard InChI is InChI=1S/C18H32O2/c1-2-3-4-5-6-7-8-9-10-11-12-13-14-15-16-17-18(19)20/h6-7,9-10H,2-5,8,11-17H2,1H3,(H,19,20)/b7-6-,10-9-/i1D3,2D2,3D2,4D2,5D2,6D,7D,8D2,9D,10D,11D2,12D2,13D2,14D2,15D2,16D2,17D2/hD. The summed E-state index contributed by atoms with van der Waals surface area (Å²) in [5.74, 6) is -2.47. The molecule has 0 aliphatic carbocycles.